The third-order valence-electron chi connectivity index (χ3n) is 6.17. The van der Waals surface area contributed by atoms with Crippen LogP contribution >= 0.6 is 0 Å². The number of halogens is 1. The lowest BCUT2D eigenvalue weighted by Crippen LogP contribution is -2.50. The van der Waals surface area contributed by atoms with Gasteiger partial charge in [-0.3, -0.25) is 14.6 Å². The van der Waals surface area contributed by atoms with E-state index in [1.807, 2.05) is 36.4 Å². The number of carbonyl (C=O) groups is 2. The molecular formula is C27H23FN4O3. The first-order chi connectivity index (χ1) is 17.0. The van der Waals surface area contributed by atoms with E-state index in [1.165, 1.54) is 12.1 Å². The second-order valence-electron chi connectivity index (χ2n) is 8.24. The Hall–Kier alpha value is -4.33. The number of rotatable bonds is 4. The minimum absolute atomic E-state index is 0.127. The minimum Gasteiger partial charge on any atom is -0.496 e. The average Bonchev–Trinajstić information content (AvgIpc) is 2.92. The Labute approximate surface area is 201 Å². The number of amides is 2. The second-order valence-corrected chi connectivity index (χ2v) is 8.24. The van der Waals surface area contributed by atoms with Gasteiger partial charge in [-0.05, 0) is 36.4 Å². The number of hydrogen-bond donors (Lipinski definition) is 0. The number of ether oxygens (including phenoxy) is 1. The quantitative estimate of drug-likeness (QED) is 0.450. The predicted octanol–water partition coefficient (Wildman–Crippen LogP) is 4.04. The Morgan fingerprint density at radius 2 is 1.60 bits per heavy atom. The molecule has 0 spiro atoms. The van der Waals surface area contributed by atoms with Crippen molar-refractivity contribution in [2.45, 2.75) is 0 Å². The number of benzene rings is 2. The lowest BCUT2D eigenvalue weighted by atomic mass is 9.99. The molecule has 0 atom stereocenters. The Kier molecular flexibility index (Phi) is 6.10. The van der Waals surface area contributed by atoms with Gasteiger partial charge in [-0.2, -0.15) is 0 Å². The SMILES string of the molecule is COc1cc(C(=O)N2CCN(C(=O)c3ccc(F)cn3)CC2)ccc1-c1cccc2cccnc12. The van der Waals surface area contributed by atoms with Gasteiger partial charge in [0, 0.05) is 54.5 Å². The Balaban J connectivity index is 1.32. The van der Waals surface area contributed by atoms with Crippen molar-refractivity contribution in [3.8, 4) is 16.9 Å². The molecule has 2 aromatic carbocycles. The normalized spacial score (nSPS) is 13.7. The van der Waals surface area contributed by atoms with Gasteiger partial charge in [0.25, 0.3) is 11.8 Å². The first-order valence-electron chi connectivity index (χ1n) is 11.3. The van der Waals surface area contributed by atoms with E-state index in [0.29, 0.717) is 37.5 Å². The van der Waals surface area contributed by atoms with Gasteiger partial charge in [0.05, 0.1) is 18.8 Å². The molecule has 0 N–H and O–H groups in total. The molecule has 0 aliphatic carbocycles. The van der Waals surface area contributed by atoms with Gasteiger partial charge in [0.1, 0.15) is 17.3 Å². The lowest BCUT2D eigenvalue weighted by Gasteiger charge is -2.34. The number of fused-ring (bicyclic) bond motifs is 1. The van der Waals surface area contributed by atoms with Gasteiger partial charge in [0.2, 0.25) is 0 Å². The van der Waals surface area contributed by atoms with Crippen LogP contribution in [0.5, 0.6) is 5.75 Å². The highest BCUT2D eigenvalue weighted by Gasteiger charge is 2.26. The Morgan fingerprint density at radius 1 is 0.857 bits per heavy atom. The molecule has 8 heteroatoms. The first-order valence-corrected chi connectivity index (χ1v) is 11.3. The van der Waals surface area contributed by atoms with Gasteiger partial charge in [-0.25, -0.2) is 9.37 Å². The van der Waals surface area contributed by atoms with Crippen LogP contribution in [0.2, 0.25) is 0 Å². The molecule has 3 heterocycles. The number of nitrogens with zero attached hydrogens (tertiary/aromatic N) is 4. The highest BCUT2D eigenvalue weighted by atomic mass is 19.1. The van der Waals surface area contributed by atoms with E-state index in [9.17, 15) is 14.0 Å². The van der Waals surface area contributed by atoms with Crippen molar-refractivity contribution in [2.24, 2.45) is 0 Å². The predicted molar refractivity (Wildman–Crippen MR) is 130 cm³/mol. The van der Waals surface area contributed by atoms with E-state index in [-0.39, 0.29) is 17.5 Å². The molecule has 0 saturated carbocycles. The van der Waals surface area contributed by atoms with Crippen molar-refractivity contribution in [3.05, 3.63) is 90.1 Å². The van der Waals surface area contributed by atoms with E-state index in [1.54, 1.807) is 35.2 Å². The van der Waals surface area contributed by atoms with Crippen LogP contribution in [-0.2, 0) is 0 Å². The highest BCUT2D eigenvalue weighted by molar-refractivity contribution is 5.99. The molecule has 0 bridgehead atoms. The Bertz CT molecular complexity index is 1390. The van der Waals surface area contributed by atoms with E-state index in [4.69, 9.17) is 4.74 Å². The summed E-state index contributed by atoms with van der Waals surface area (Å²) in [5.41, 5.74) is 3.35. The van der Waals surface area contributed by atoms with Crippen molar-refractivity contribution in [1.82, 2.24) is 19.8 Å². The van der Waals surface area contributed by atoms with Gasteiger partial charge in [-0.1, -0.05) is 24.3 Å². The van der Waals surface area contributed by atoms with Gasteiger partial charge in [-0.15, -0.1) is 0 Å². The number of pyridine rings is 2. The summed E-state index contributed by atoms with van der Waals surface area (Å²) < 4.78 is 18.7. The van der Waals surface area contributed by atoms with E-state index in [2.05, 4.69) is 9.97 Å². The zero-order valence-corrected chi connectivity index (χ0v) is 19.1. The van der Waals surface area contributed by atoms with Crippen LogP contribution in [-0.4, -0.2) is 64.9 Å². The van der Waals surface area contributed by atoms with Crippen molar-refractivity contribution < 1.29 is 18.7 Å². The fourth-order valence-corrected chi connectivity index (χ4v) is 4.33. The molecular weight excluding hydrogens is 447 g/mol. The number of aromatic nitrogens is 2. The molecule has 5 rings (SSSR count). The molecule has 1 fully saturated rings. The molecule has 7 nitrogen and oxygen atoms in total. The molecule has 1 saturated heterocycles. The summed E-state index contributed by atoms with van der Waals surface area (Å²) in [5, 5.41) is 1.02. The molecule has 1 aliphatic rings. The van der Waals surface area contributed by atoms with Crippen molar-refractivity contribution in [3.63, 3.8) is 0 Å². The smallest absolute Gasteiger partial charge is 0.272 e. The molecule has 35 heavy (non-hydrogen) atoms. The van der Waals surface area contributed by atoms with Crippen LogP contribution in [0.15, 0.2) is 73.1 Å². The zero-order valence-electron chi connectivity index (χ0n) is 19.1. The molecule has 2 aromatic heterocycles. The van der Waals surface area contributed by atoms with Gasteiger partial charge in [0.15, 0.2) is 0 Å². The first kappa shape index (κ1) is 22.5. The number of methoxy groups -OCH3 is 1. The fourth-order valence-electron chi connectivity index (χ4n) is 4.33. The van der Waals surface area contributed by atoms with E-state index in [0.717, 1.165) is 28.2 Å². The summed E-state index contributed by atoms with van der Waals surface area (Å²) in [7, 11) is 1.58. The van der Waals surface area contributed by atoms with E-state index >= 15 is 0 Å². The highest BCUT2D eigenvalue weighted by Crippen LogP contribution is 2.35. The van der Waals surface area contributed by atoms with Crippen molar-refractivity contribution >= 4 is 22.7 Å². The van der Waals surface area contributed by atoms with Crippen LogP contribution in [0.25, 0.3) is 22.0 Å². The lowest BCUT2D eigenvalue weighted by molar-refractivity contribution is 0.0532. The molecule has 176 valence electrons. The van der Waals surface area contributed by atoms with Crippen LogP contribution < -0.4 is 4.74 Å². The molecule has 2 amide bonds. The monoisotopic (exact) mass is 470 g/mol. The second kappa shape index (κ2) is 9.50. The topological polar surface area (TPSA) is 75.6 Å². The summed E-state index contributed by atoms with van der Waals surface area (Å²) in [6.07, 6.45) is 2.78. The molecule has 0 radical (unpaired) electrons. The summed E-state index contributed by atoms with van der Waals surface area (Å²) in [6, 6.07) is 17.9. The Morgan fingerprint density at radius 3 is 2.31 bits per heavy atom. The minimum atomic E-state index is -0.491. The maximum Gasteiger partial charge on any atom is 0.272 e. The summed E-state index contributed by atoms with van der Waals surface area (Å²) in [4.78, 5) is 37.6. The van der Waals surface area contributed by atoms with E-state index < -0.39 is 5.82 Å². The van der Waals surface area contributed by atoms with Crippen LogP contribution in [0.1, 0.15) is 20.8 Å². The van der Waals surface area contributed by atoms with Gasteiger partial charge < -0.3 is 14.5 Å². The maximum atomic E-state index is 13.2. The summed E-state index contributed by atoms with van der Waals surface area (Å²) in [5.74, 6) is -0.301. The zero-order chi connectivity index (χ0) is 24.4. The number of carbonyl (C=O) groups excluding carboxylic acids is 2. The maximum absolute atomic E-state index is 13.2. The number of hydrogen-bond acceptors (Lipinski definition) is 5. The fraction of sp³-hybridized carbons (Fsp3) is 0.185. The van der Waals surface area contributed by atoms with Crippen LogP contribution in [0, 0.1) is 5.82 Å². The third-order valence-corrected chi connectivity index (χ3v) is 6.17. The summed E-state index contributed by atoms with van der Waals surface area (Å²) >= 11 is 0. The third kappa shape index (κ3) is 4.42. The molecule has 0 unspecified atom stereocenters. The summed E-state index contributed by atoms with van der Waals surface area (Å²) in [6.45, 7) is 1.53. The average molecular weight is 471 g/mol. The van der Waals surface area contributed by atoms with Crippen LogP contribution in [0.3, 0.4) is 0 Å². The standard InChI is InChI=1S/C27H23FN4O3/c1-35-24-16-19(7-9-21(24)22-6-2-4-18-5-3-11-29-25(18)22)26(33)31-12-14-32(15-13-31)27(34)23-10-8-20(28)17-30-23/h2-11,16-17H,12-15H2,1H3. The van der Waals surface area contributed by atoms with Gasteiger partial charge >= 0.3 is 0 Å². The van der Waals surface area contributed by atoms with Crippen molar-refractivity contribution in [1.29, 1.82) is 0 Å². The largest absolute Gasteiger partial charge is 0.496 e. The number of piperazine rings is 1. The molecule has 4 aromatic rings. The van der Waals surface area contributed by atoms with Crippen molar-refractivity contribution in [2.75, 3.05) is 33.3 Å². The molecule has 1 aliphatic heterocycles. The number of para-hydroxylation sites is 1. The van der Waals surface area contributed by atoms with Crippen LogP contribution in [0.4, 0.5) is 4.39 Å².